The molecule has 0 unspecified atom stereocenters. The second-order valence-electron chi connectivity index (χ2n) is 6.54. The van der Waals surface area contributed by atoms with Gasteiger partial charge in [0, 0.05) is 0 Å². The fourth-order valence-electron chi connectivity index (χ4n) is 2.30. The number of hydrogen-bond acceptors (Lipinski definition) is 3. The largest absolute Gasteiger partial charge is 0.491 e. The first-order chi connectivity index (χ1) is 11.8. The van der Waals surface area contributed by atoms with Crippen molar-refractivity contribution >= 4 is 5.91 Å². The van der Waals surface area contributed by atoms with Gasteiger partial charge in [0.2, 0.25) is 0 Å². The Kier molecular flexibility index (Phi) is 6.45. The monoisotopic (exact) mass is 341 g/mol. The van der Waals surface area contributed by atoms with Crippen molar-refractivity contribution in [3.63, 3.8) is 0 Å². The van der Waals surface area contributed by atoms with Gasteiger partial charge in [0.1, 0.15) is 18.1 Å². The van der Waals surface area contributed by atoms with E-state index in [4.69, 9.17) is 9.47 Å². The molecule has 25 heavy (non-hydrogen) atoms. The summed E-state index contributed by atoms with van der Waals surface area (Å²) in [5.74, 6) is 1.35. The van der Waals surface area contributed by atoms with Gasteiger partial charge in [0.25, 0.3) is 5.91 Å². The lowest BCUT2D eigenvalue weighted by Gasteiger charge is -2.19. The minimum absolute atomic E-state index is 0.111. The Hall–Kier alpha value is -2.49. The number of amides is 1. The number of benzene rings is 2. The van der Waals surface area contributed by atoms with Crippen molar-refractivity contribution in [3.8, 4) is 11.5 Å². The predicted octanol–water partition coefficient (Wildman–Crippen LogP) is 3.96. The second-order valence-corrected chi connectivity index (χ2v) is 6.54. The van der Waals surface area contributed by atoms with Crippen molar-refractivity contribution in [2.75, 3.05) is 6.61 Å². The average molecular weight is 341 g/mol. The van der Waals surface area contributed by atoms with E-state index in [1.165, 1.54) is 11.1 Å². The maximum absolute atomic E-state index is 12.3. The van der Waals surface area contributed by atoms with E-state index in [1.807, 2.05) is 70.2 Å². The van der Waals surface area contributed by atoms with Crippen LogP contribution in [0.5, 0.6) is 11.5 Å². The number of carbonyl (C=O) groups is 1. The van der Waals surface area contributed by atoms with Gasteiger partial charge in [-0.2, -0.15) is 0 Å². The molecular formula is C21H27NO3. The average Bonchev–Trinajstić information content (AvgIpc) is 2.57. The molecule has 2 rings (SSSR count). The Morgan fingerprint density at radius 1 is 0.960 bits per heavy atom. The molecule has 2 aromatic carbocycles. The van der Waals surface area contributed by atoms with Crippen LogP contribution in [0.2, 0.25) is 0 Å². The third kappa shape index (κ3) is 5.82. The van der Waals surface area contributed by atoms with Gasteiger partial charge in [0.15, 0.2) is 6.10 Å². The highest BCUT2D eigenvalue weighted by atomic mass is 16.5. The number of rotatable bonds is 7. The van der Waals surface area contributed by atoms with Crippen LogP contribution < -0.4 is 14.8 Å². The molecular weight excluding hydrogens is 314 g/mol. The Balaban J connectivity index is 1.81. The van der Waals surface area contributed by atoms with Gasteiger partial charge in [-0.25, -0.2) is 0 Å². The van der Waals surface area contributed by atoms with Crippen LogP contribution in [0, 0.1) is 20.8 Å². The van der Waals surface area contributed by atoms with Crippen LogP contribution >= 0.6 is 0 Å². The van der Waals surface area contributed by atoms with E-state index in [-0.39, 0.29) is 11.9 Å². The number of nitrogens with one attached hydrogen (secondary N) is 1. The Morgan fingerprint density at radius 3 is 2.24 bits per heavy atom. The van der Waals surface area contributed by atoms with Crippen molar-refractivity contribution in [1.29, 1.82) is 0 Å². The minimum Gasteiger partial charge on any atom is -0.491 e. The number of hydrogen-bond donors (Lipinski definition) is 1. The lowest BCUT2D eigenvalue weighted by atomic mass is 10.1. The van der Waals surface area contributed by atoms with Crippen LogP contribution in [0.1, 0.15) is 30.5 Å². The second kappa shape index (κ2) is 8.56. The molecule has 4 nitrogen and oxygen atoms in total. The summed E-state index contributed by atoms with van der Waals surface area (Å²) in [6, 6.07) is 13.6. The molecule has 134 valence electrons. The lowest BCUT2D eigenvalue weighted by molar-refractivity contribution is -0.128. The van der Waals surface area contributed by atoms with Crippen LogP contribution in [0.25, 0.3) is 0 Å². The van der Waals surface area contributed by atoms with E-state index in [9.17, 15) is 4.79 Å². The number of ether oxygens (including phenoxy) is 2. The normalized spacial score (nSPS) is 13.0. The van der Waals surface area contributed by atoms with Crippen molar-refractivity contribution in [3.05, 3.63) is 59.2 Å². The summed E-state index contributed by atoms with van der Waals surface area (Å²) in [5, 5.41) is 2.92. The summed E-state index contributed by atoms with van der Waals surface area (Å²) >= 11 is 0. The molecule has 2 aromatic rings. The topological polar surface area (TPSA) is 47.6 Å². The molecule has 0 aliphatic rings. The molecule has 0 fully saturated rings. The molecule has 1 N–H and O–H groups in total. The fraction of sp³-hybridized carbons (Fsp3) is 0.381. The first kappa shape index (κ1) is 18.8. The molecule has 0 aromatic heterocycles. The minimum atomic E-state index is -0.566. The summed E-state index contributed by atoms with van der Waals surface area (Å²) in [4.78, 5) is 12.3. The van der Waals surface area contributed by atoms with Gasteiger partial charge in [-0.3, -0.25) is 4.79 Å². The maximum atomic E-state index is 12.3. The molecule has 0 saturated carbocycles. The molecule has 0 aliphatic carbocycles. The molecule has 0 radical (unpaired) electrons. The van der Waals surface area contributed by atoms with Crippen LogP contribution in [-0.2, 0) is 4.79 Å². The van der Waals surface area contributed by atoms with Crippen LogP contribution in [-0.4, -0.2) is 24.7 Å². The van der Waals surface area contributed by atoms with Crippen molar-refractivity contribution in [2.24, 2.45) is 0 Å². The summed E-state index contributed by atoms with van der Waals surface area (Å²) < 4.78 is 11.4. The standard InChI is InChI=1S/C21H27NO3/c1-14-6-9-19(10-7-14)24-13-17(4)22-21(23)18(5)25-20-11-8-15(2)16(3)12-20/h6-12,17-18H,13H2,1-5H3,(H,22,23)/t17-,18+/m1/s1. The zero-order valence-corrected chi connectivity index (χ0v) is 15.6. The Morgan fingerprint density at radius 2 is 1.60 bits per heavy atom. The van der Waals surface area contributed by atoms with Crippen LogP contribution in [0.15, 0.2) is 42.5 Å². The van der Waals surface area contributed by atoms with E-state index in [0.29, 0.717) is 12.4 Å². The smallest absolute Gasteiger partial charge is 0.261 e. The van der Waals surface area contributed by atoms with E-state index >= 15 is 0 Å². The van der Waals surface area contributed by atoms with Gasteiger partial charge in [0.05, 0.1) is 6.04 Å². The van der Waals surface area contributed by atoms with Gasteiger partial charge in [-0.05, 0) is 70.0 Å². The molecule has 0 spiro atoms. The van der Waals surface area contributed by atoms with E-state index < -0.39 is 6.10 Å². The summed E-state index contributed by atoms with van der Waals surface area (Å²) in [7, 11) is 0. The highest BCUT2D eigenvalue weighted by Crippen LogP contribution is 2.18. The van der Waals surface area contributed by atoms with Gasteiger partial charge in [-0.15, -0.1) is 0 Å². The highest BCUT2D eigenvalue weighted by Gasteiger charge is 2.17. The van der Waals surface area contributed by atoms with Crippen LogP contribution in [0.3, 0.4) is 0 Å². The molecule has 1 amide bonds. The third-order valence-corrected chi connectivity index (χ3v) is 4.07. The summed E-state index contributed by atoms with van der Waals surface area (Å²) in [5.41, 5.74) is 3.53. The van der Waals surface area contributed by atoms with Gasteiger partial charge < -0.3 is 14.8 Å². The maximum Gasteiger partial charge on any atom is 0.261 e. The summed E-state index contributed by atoms with van der Waals surface area (Å²) in [6.07, 6.45) is -0.566. The van der Waals surface area contributed by atoms with E-state index in [0.717, 1.165) is 11.3 Å². The molecule has 0 saturated heterocycles. The van der Waals surface area contributed by atoms with Crippen molar-refractivity contribution in [1.82, 2.24) is 5.32 Å². The molecule has 0 heterocycles. The van der Waals surface area contributed by atoms with E-state index in [1.54, 1.807) is 6.92 Å². The van der Waals surface area contributed by atoms with Crippen molar-refractivity contribution < 1.29 is 14.3 Å². The van der Waals surface area contributed by atoms with Gasteiger partial charge >= 0.3 is 0 Å². The molecule has 2 atom stereocenters. The zero-order chi connectivity index (χ0) is 18.4. The number of carbonyl (C=O) groups excluding carboxylic acids is 1. The SMILES string of the molecule is Cc1ccc(OC[C@@H](C)NC(=O)[C@H](C)Oc2ccc(C)c(C)c2)cc1. The highest BCUT2D eigenvalue weighted by molar-refractivity contribution is 5.81. The predicted molar refractivity (Wildman–Crippen MR) is 100 cm³/mol. The lowest BCUT2D eigenvalue weighted by Crippen LogP contribution is -2.43. The fourth-order valence-corrected chi connectivity index (χ4v) is 2.30. The quantitative estimate of drug-likeness (QED) is 0.829. The molecule has 0 aliphatic heterocycles. The van der Waals surface area contributed by atoms with Crippen molar-refractivity contribution in [2.45, 2.75) is 46.8 Å². The Bertz CT molecular complexity index is 710. The first-order valence-electron chi connectivity index (χ1n) is 8.59. The first-order valence-corrected chi connectivity index (χ1v) is 8.59. The molecule has 4 heteroatoms. The summed E-state index contributed by atoms with van der Waals surface area (Å²) in [6.45, 7) is 10.2. The van der Waals surface area contributed by atoms with Crippen LogP contribution in [0.4, 0.5) is 0 Å². The van der Waals surface area contributed by atoms with Gasteiger partial charge in [-0.1, -0.05) is 23.8 Å². The van der Waals surface area contributed by atoms with E-state index in [2.05, 4.69) is 5.32 Å². The Labute approximate surface area is 150 Å². The molecule has 0 bridgehead atoms. The number of aryl methyl sites for hydroxylation is 3. The zero-order valence-electron chi connectivity index (χ0n) is 15.6. The third-order valence-electron chi connectivity index (χ3n) is 4.07.